The third kappa shape index (κ3) is 30.0. The molecule has 0 spiro atoms. The molecule has 0 aromatic heterocycles. The van der Waals surface area contributed by atoms with Crippen LogP contribution < -0.4 is 0 Å². The molecule has 0 bridgehead atoms. The summed E-state index contributed by atoms with van der Waals surface area (Å²) in [4.78, 5) is 0. The first-order valence-electron chi connectivity index (χ1n) is 15.2. The summed E-state index contributed by atoms with van der Waals surface area (Å²) in [5.41, 5.74) is 0. The van der Waals surface area contributed by atoms with Crippen LogP contribution in [0, 0.1) is 0 Å². The van der Waals surface area contributed by atoms with E-state index >= 15 is 0 Å². The number of aliphatic hydroxyl groups excluding tert-OH is 1. The molecule has 0 rings (SSSR count). The lowest BCUT2D eigenvalue weighted by Gasteiger charge is -2.37. The summed E-state index contributed by atoms with van der Waals surface area (Å²) in [7, 11) is -4.63. The lowest BCUT2D eigenvalue weighted by Crippen LogP contribution is -2.50. The molecule has 41 heavy (non-hydrogen) atoms. The highest BCUT2D eigenvalue weighted by molar-refractivity contribution is 6.85. The summed E-state index contributed by atoms with van der Waals surface area (Å²) in [5, 5.41) is 8.58. The van der Waals surface area contributed by atoms with Crippen LogP contribution in [0.5, 0.6) is 0 Å². The highest BCUT2D eigenvalue weighted by atomic mass is 28.5. The fourth-order valence-corrected chi connectivity index (χ4v) is 15.9. The molecule has 0 saturated heterocycles. The van der Waals surface area contributed by atoms with Gasteiger partial charge < -0.3 is 51.2 Å². The van der Waals surface area contributed by atoms with Crippen LogP contribution in [0.3, 0.4) is 0 Å². The summed E-state index contributed by atoms with van der Waals surface area (Å²) in [6.07, 6.45) is 2.12. The van der Waals surface area contributed by atoms with Crippen molar-refractivity contribution in [1.82, 2.24) is 0 Å². The van der Waals surface area contributed by atoms with Gasteiger partial charge in [-0.1, -0.05) is 13.3 Å². The van der Waals surface area contributed by atoms with Crippen molar-refractivity contribution in [3.05, 3.63) is 0 Å². The molecule has 0 saturated carbocycles. The van der Waals surface area contributed by atoms with E-state index in [2.05, 4.69) is 39.7 Å². The van der Waals surface area contributed by atoms with E-state index in [9.17, 15) is 0 Å². The predicted octanol–water partition coefficient (Wildman–Crippen LogP) is 3.47. The molecule has 1 atom stereocenters. The third-order valence-corrected chi connectivity index (χ3v) is 15.8. The van der Waals surface area contributed by atoms with Crippen molar-refractivity contribution >= 4 is 25.9 Å². The van der Waals surface area contributed by atoms with Gasteiger partial charge in [-0.3, -0.25) is 0 Å². The molecular weight excluding hydrogens is 585 g/mol. The molecule has 0 amide bonds. The summed E-state index contributed by atoms with van der Waals surface area (Å²) < 4.78 is 56.7. The third-order valence-electron chi connectivity index (χ3n) is 5.52. The van der Waals surface area contributed by atoms with Crippen molar-refractivity contribution in [3.63, 3.8) is 0 Å². The van der Waals surface area contributed by atoms with E-state index in [4.69, 9.17) is 51.2 Å². The Balaban J connectivity index is 3.43. The first-order chi connectivity index (χ1) is 19.7. The van der Waals surface area contributed by atoms with Gasteiger partial charge in [0.15, 0.2) is 17.4 Å². The molecule has 1 N–H and O–H groups in total. The lowest BCUT2D eigenvalue weighted by molar-refractivity contribution is -0.0238. The van der Waals surface area contributed by atoms with Crippen LogP contribution in [-0.4, -0.2) is 143 Å². The molecule has 0 aromatic rings. The Hall–Kier alpha value is 0.211. The van der Waals surface area contributed by atoms with Crippen LogP contribution >= 0.6 is 0 Å². The Kier molecular flexibility index (Phi) is 29.1. The van der Waals surface area contributed by atoms with Crippen molar-refractivity contribution in [1.29, 1.82) is 0 Å². The van der Waals surface area contributed by atoms with E-state index in [1.165, 1.54) is 12.5 Å². The van der Waals surface area contributed by atoms with Gasteiger partial charge >= 0.3 is 8.56 Å². The van der Waals surface area contributed by atoms with Crippen LogP contribution in [-0.2, 0) is 46.1 Å². The second-order valence-corrected chi connectivity index (χ2v) is 20.7. The lowest BCUT2D eigenvalue weighted by atomic mass is 10.5. The largest absolute Gasteiger partial charge is 0.436 e. The average molecular weight is 646 g/mol. The van der Waals surface area contributed by atoms with Gasteiger partial charge in [0.1, 0.15) is 0 Å². The fourth-order valence-electron chi connectivity index (χ4n) is 3.99. The minimum atomic E-state index is -2.16. The Morgan fingerprint density at radius 2 is 0.854 bits per heavy atom. The topological polar surface area (TPSA) is 113 Å². The number of aliphatic hydroxyl groups is 1. The molecule has 0 fully saturated rings. The molecular formula is C27H61O11Si3. The molecule has 11 nitrogen and oxygen atoms in total. The van der Waals surface area contributed by atoms with Gasteiger partial charge in [0.2, 0.25) is 0 Å². The molecule has 0 aliphatic heterocycles. The van der Waals surface area contributed by atoms with E-state index in [0.717, 1.165) is 12.5 Å². The zero-order valence-electron chi connectivity index (χ0n) is 26.9. The van der Waals surface area contributed by atoms with E-state index < -0.39 is 25.9 Å². The van der Waals surface area contributed by atoms with Crippen molar-refractivity contribution < 1.29 is 51.2 Å². The van der Waals surface area contributed by atoms with E-state index in [1.54, 1.807) is 0 Å². The number of ether oxygens (including phenoxy) is 8. The minimum absolute atomic E-state index is 0.0302. The zero-order chi connectivity index (χ0) is 30.5. The van der Waals surface area contributed by atoms with Gasteiger partial charge in [0.05, 0.1) is 106 Å². The Morgan fingerprint density at radius 1 is 0.512 bits per heavy atom. The van der Waals surface area contributed by atoms with Gasteiger partial charge in [-0.15, -0.1) is 0 Å². The standard InChI is InChI=1S/C27H61O11Si3/c1-7-26-40(4,5)38-41(6,37-39(2)3)27-8-10-29-12-14-31-16-18-33-20-22-35-24-25-36-23-21-34-19-17-32-15-13-30-11-9-28/h28H,7-27H2,1-6H3. The van der Waals surface area contributed by atoms with Crippen LogP contribution in [0.15, 0.2) is 0 Å². The quantitative estimate of drug-likeness (QED) is 0.0837. The first kappa shape index (κ1) is 41.2. The van der Waals surface area contributed by atoms with E-state index in [0.29, 0.717) is 106 Å². The van der Waals surface area contributed by atoms with E-state index in [-0.39, 0.29) is 6.61 Å². The smallest absolute Gasteiger partial charge is 0.314 e. The van der Waals surface area contributed by atoms with Crippen LogP contribution in [0.1, 0.15) is 19.8 Å². The van der Waals surface area contributed by atoms with Crippen LogP contribution in [0.2, 0.25) is 44.8 Å². The summed E-state index contributed by atoms with van der Waals surface area (Å²) >= 11 is 0. The SMILES string of the molecule is CCC[Si](C)(C)O[Si](C)(CCCOCCOCCOCCOCCOCCOCCOCCOCCO)O[Si](C)C. The Bertz CT molecular complexity index is 551. The number of rotatable bonds is 33. The maximum Gasteiger partial charge on any atom is 0.314 e. The first-order valence-corrected chi connectivity index (χ1v) is 23.2. The molecule has 0 aromatic carbocycles. The number of hydrogen-bond acceptors (Lipinski definition) is 11. The molecule has 14 heteroatoms. The van der Waals surface area contributed by atoms with E-state index in [1.807, 2.05) is 0 Å². The molecule has 0 aliphatic rings. The maximum atomic E-state index is 8.58. The monoisotopic (exact) mass is 645 g/mol. The normalized spacial score (nSPS) is 13.8. The summed E-state index contributed by atoms with van der Waals surface area (Å²) in [6.45, 7) is 21.9. The minimum Gasteiger partial charge on any atom is -0.436 e. The summed E-state index contributed by atoms with van der Waals surface area (Å²) in [5.74, 6) is 0. The van der Waals surface area contributed by atoms with Crippen molar-refractivity contribution in [2.75, 3.05) is 112 Å². The van der Waals surface area contributed by atoms with Gasteiger partial charge in [-0.05, 0) is 51.2 Å². The second-order valence-electron chi connectivity index (χ2n) is 10.5. The number of hydrogen-bond donors (Lipinski definition) is 1. The Morgan fingerprint density at radius 3 is 1.17 bits per heavy atom. The molecule has 1 radical (unpaired) electrons. The van der Waals surface area contributed by atoms with Crippen molar-refractivity contribution in [2.45, 2.75) is 64.6 Å². The molecule has 0 heterocycles. The highest BCUT2D eigenvalue weighted by Crippen LogP contribution is 2.25. The molecule has 247 valence electrons. The van der Waals surface area contributed by atoms with Crippen molar-refractivity contribution in [3.8, 4) is 0 Å². The molecule has 1 unspecified atom stereocenters. The van der Waals surface area contributed by atoms with Crippen LogP contribution in [0.25, 0.3) is 0 Å². The maximum absolute atomic E-state index is 8.58. The van der Waals surface area contributed by atoms with Crippen molar-refractivity contribution in [2.24, 2.45) is 0 Å². The van der Waals surface area contributed by atoms with Gasteiger partial charge in [0.25, 0.3) is 0 Å². The fraction of sp³-hybridized carbons (Fsp3) is 1.00. The van der Waals surface area contributed by atoms with Gasteiger partial charge in [-0.2, -0.15) is 0 Å². The Labute approximate surface area is 253 Å². The average Bonchev–Trinajstić information content (AvgIpc) is 2.89. The zero-order valence-corrected chi connectivity index (χ0v) is 29.9. The highest BCUT2D eigenvalue weighted by Gasteiger charge is 2.38. The van der Waals surface area contributed by atoms with Crippen LogP contribution in [0.4, 0.5) is 0 Å². The predicted molar refractivity (Wildman–Crippen MR) is 167 cm³/mol. The summed E-state index contributed by atoms with van der Waals surface area (Å²) in [6, 6.07) is 2.15. The second kappa shape index (κ2) is 29.0. The van der Waals surface area contributed by atoms with Gasteiger partial charge in [-0.25, -0.2) is 0 Å². The molecule has 0 aliphatic carbocycles. The van der Waals surface area contributed by atoms with Gasteiger partial charge in [0, 0.05) is 6.61 Å².